The number of halogens is 1. The van der Waals surface area contributed by atoms with Crippen molar-refractivity contribution in [3.05, 3.63) is 58.6 Å². The average molecular weight is 421 g/mol. The summed E-state index contributed by atoms with van der Waals surface area (Å²) in [6.07, 6.45) is 0.487. The number of hydroxylamine groups is 3. The van der Waals surface area contributed by atoms with Crippen molar-refractivity contribution in [2.45, 2.75) is 25.2 Å². The van der Waals surface area contributed by atoms with Crippen molar-refractivity contribution in [3.8, 4) is 5.75 Å². The molecule has 154 valence electrons. The summed E-state index contributed by atoms with van der Waals surface area (Å²) in [5.74, 6) is -1.23. The molecular formula is C20H21ClN2O6. The highest BCUT2D eigenvalue weighted by Crippen LogP contribution is 2.47. The van der Waals surface area contributed by atoms with E-state index in [2.05, 4.69) is 0 Å². The quantitative estimate of drug-likeness (QED) is 0.729. The summed E-state index contributed by atoms with van der Waals surface area (Å²) in [5.41, 5.74) is 2.51. The maximum atomic E-state index is 10.8. The van der Waals surface area contributed by atoms with Gasteiger partial charge in [0.25, 0.3) is 5.79 Å². The van der Waals surface area contributed by atoms with Crippen LogP contribution in [-0.2, 0) is 31.6 Å². The number of rotatable bonds is 7. The summed E-state index contributed by atoms with van der Waals surface area (Å²) >= 11 is 6.20. The molecule has 8 nitrogen and oxygen atoms in total. The molecule has 0 amide bonds. The number of fused-ring (bicyclic) bond motifs is 2. The minimum Gasteiger partial charge on any atom is -0.497 e. The largest absolute Gasteiger partial charge is 0.497 e. The van der Waals surface area contributed by atoms with Crippen molar-refractivity contribution in [2.24, 2.45) is 0 Å². The Hall–Kier alpha value is -2.36. The normalized spacial score (nSPS) is 21.0. The zero-order valence-electron chi connectivity index (χ0n) is 15.8. The predicted molar refractivity (Wildman–Crippen MR) is 104 cm³/mol. The molecule has 2 aromatic rings. The fourth-order valence-electron chi connectivity index (χ4n) is 3.35. The van der Waals surface area contributed by atoms with Crippen LogP contribution in [0.2, 0.25) is 5.02 Å². The van der Waals surface area contributed by atoms with Gasteiger partial charge in [-0.15, -0.1) is 0 Å². The molecule has 0 saturated carbocycles. The molecule has 1 atom stereocenters. The van der Waals surface area contributed by atoms with E-state index in [1.54, 1.807) is 24.3 Å². The predicted octanol–water partition coefficient (Wildman–Crippen LogP) is 3.50. The second kappa shape index (κ2) is 8.17. The molecule has 1 spiro atoms. The van der Waals surface area contributed by atoms with Gasteiger partial charge in [0.05, 0.1) is 19.3 Å². The van der Waals surface area contributed by atoms with Crippen molar-refractivity contribution in [1.82, 2.24) is 5.23 Å². The van der Waals surface area contributed by atoms with Crippen LogP contribution in [-0.4, -0.2) is 36.6 Å². The zero-order chi connectivity index (χ0) is 20.4. The maximum absolute atomic E-state index is 10.8. The molecule has 1 N–H and O–H groups in total. The van der Waals surface area contributed by atoms with E-state index in [4.69, 9.17) is 36.0 Å². The number of hydrogen-bond donors (Lipinski definition) is 1. The number of ether oxygens (including phenoxy) is 1. The number of benzene rings is 2. The molecule has 0 aliphatic carbocycles. The summed E-state index contributed by atoms with van der Waals surface area (Å²) in [4.78, 5) is 28.7. The van der Waals surface area contributed by atoms with Crippen molar-refractivity contribution < 1.29 is 29.2 Å². The lowest BCUT2D eigenvalue weighted by molar-refractivity contribution is -0.367. The van der Waals surface area contributed by atoms with E-state index in [9.17, 15) is 4.79 Å². The van der Waals surface area contributed by atoms with E-state index in [0.717, 1.165) is 22.6 Å². The number of aliphatic carboxylic acids is 1. The highest BCUT2D eigenvalue weighted by atomic mass is 35.5. The summed E-state index contributed by atoms with van der Waals surface area (Å²) in [6, 6.07) is 13.0. The minimum atomic E-state index is -1.16. The van der Waals surface area contributed by atoms with Gasteiger partial charge < -0.3 is 9.84 Å². The first-order chi connectivity index (χ1) is 14.0. The van der Waals surface area contributed by atoms with E-state index >= 15 is 0 Å². The molecule has 4 rings (SSSR count). The maximum Gasteiger partial charge on any atom is 0.303 e. The molecule has 2 aliphatic heterocycles. The number of carboxylic acid groups (broad SMARTS) is 1. The average Bonchev–Trinajstić information content (AvgIpc) is 3.23. The number of carbonyl (C=O) groups is 1. The van der Waals surface area contributed by atoms with Crippen LogP contribution in [0.5, 0.6) is 5.75 Å². The van der Waals surface area contributed by atoms with Gasteiger partial charge in [0.2, 0.25) is 0 Å². The van der Waals surface area contributed by atoms with Crippen LogP contribution in [0.15, 0.2) is 42.5 Å². The monoisotopic (exact) mass is 420 g/mol. The third kappa shape index (κ3) is 4.17. The summed E-state index contributed by atoms with van der Waals surface area (Å²) in [7, 11) is 1.62. The number of nitrogens with zero attached hydrogens (tertiary/aromatic N) is 2. The van der Waals surface area contributed by atoms with E-state index in [1.165, 1.54) is 5.23 Å². The standard InChI is InChI=1S/C20H21ClN2O6/c1-26-16-7-4-14(5-8-16)12-23-27-13-20(29-23)17-11-15(21)6-9-18(17)22(28-20)10-2-3-19(24)25/h4-9,11H,2-3,10,12-13H2,1H3,(H,24,25). The first-order valence-electron chi connectivity index (χ1n) is 9.20. The summed E-state index contributed by atoms with van der Waals surface area (Å²) in [6.45, 7) is 0.945. The van der Waals surface area contributed by atoms with Crippen molar-refractivity contribution in [3.63, 3.8) is 0 Å². The van der Waals surface area contributed by atoms with Crippen molar-refractivity contribution >= 4 is 23.3 Å². The fourth-order valence-corrected chi connectivity index (χ4v) is 3.52. The van der Waals surface area contributed by atoms with E-state index in [1.807, 2.05) is 30.3 Å². The van der Waals surface area contributed by atoms with Gasteiger partial charge in [-0.25, -0.2) is 14.7 Å². The zero-order valence-corrected chi connectivity index (χ0v) is 16.6. The lowest BCUT2D eigenvalue weighted by Crippen LogP contribution is -2.34. The van der Waals surface area contributed by atoms with Crippen LogP contribution in [0.25, 0.3) is 0 Å². The summed E-state index contributed by atoms with van der Waals surface area (Å²) in [5, 5.41) is 12.5. The molecular weight excluding hydrogens is 400 g/mol. The number of hydrogen-bond acceptors (Lipinski definition) is 7. The third-order valence-electron chi connectivity index (χ3n) is 4.77. The Balaban J connectivity index is 1.49. The molecule has 1 unspecified atom stereocenters. The van der Waals surface area contributed by atoms with Crippen LogP contribution in [0, 0.1) is 0 Å². The Kier molecular flexibility index (Phi) is 5.62. The van der Waals surface area contributed by atoms with Gasteiger partial charge in [-0.1, -0.05) is 29.0 Å². The molecule has 2 heterocycles. The highest BCUT2D eigenvalue weighted by Gasteiger charge is 2.52. The molecule has 1 fully saturated rings. The highest BCUT2D eigenvalue weighted by molar-refractivity contribution is 6.30. The number of carboxylic acids is 1. The summed E-state index contributed by atoms with van der Waals surface area (Å²) < 4.78 is 5.17. The second-order valence-electron chi connectivity index (χ2n) is 6.81. The van der Waals surface area contributed by atoms with E-state index < -0.39 is 11.8 Å². The Labute approximate surface area is 172 Å². The van der Waals surface area contributed by atoms with E-state index in [-0.39, 0.29) is 13.0 Å². The van der Waals surface area contributed by atoms with Crippen LogP contribution in [0.3, 0.4) is 0 Å². The Bertz CT molecular complexity index is 893. The molecule has 2 aliphatic rings. The van der Waals surface area contributed by atoms with Crippen LogP contribution in [0.4, 0.5) is 5.69 Å². The third-order valence-corrected chi connectivity index (χ3v) is 5.00. The van der Waals surface area contributed by atoms with Gasteiger partial charge in [0, 0.05) is 23.6 Å². The molecule has 2 aromatic carbocycles. The van der Waals surface area contributed by atoms with Crippen LogP contribution < -0.4 is 9.80 Å². The molecule has 29 heavy (non-hydrogen) atoms. The van der Waals surface area contributed by atoms with Gasteiger partial charge in [0.15, 0.2) is 0 Å². The van der Waals surface area contributed by atoms with Crippen molar-refractivity contribution in [1.29, 1.82) is 0 Å². The topological polar surface area (TPSA) is 80.7 Å². The lowest BCUT2D eigenvalue weighted by Gasteiger charge is -2.23. The van der Waals surface area contributed by atoms with Gasteiger partial charge >= 0.3 is 5.97 Å². The van der Waals surface area contributed by atoms with Crippen LogP contribution in [0.1, 0.15) is 24.0 Å². The first-order valence-corrected chi connectivity index (χ1v) is 9.58. The first kappa shape index (κ1) is 19.9. The molecule has 0 radical (unpaired) electrons. The fraction of sp³-hybridized carbons (Fsp3) is 0.350. The Morgan fingerprint density at radius 1 is 1.24 bits per heavy atom. The Morgan fingerprint density at radius 2 is 2.03 bits per heavy atom. The lowest BCUT2D eigenvalue weighted by atomic mass is 10.1. The van der Waals surface area contributed by atoms with Crippen molar-refractivity contribution in [2.75, 3.05) is 25.3 Å². The van der Waals surface area contributed by atoms with Gasteiger partial charge in [-0.3, -0.25) is 9.63 Å². The molecule has 0 aromatic heterocycles. The number of methoxy groups -OCH3 is 1. The van der Waals surface area contributed by atoms with Gasteiger partial charge in [-0.2, -0.15) is 0 Å². The molecule has 1 saturated heterocycles. The minimum absolute atomic E-state index is 0.0523. The molecule has 9 heteroatoms. The smallest absolute Gasteiger partial charge is 0.303 e. The second-order valence-corrected chi connectivity index (χ2v) is 7.25. The number of anilines is 1. The van der Waals surface area contributed by atoms with Gasteiger partial charge in [-0.05, 0) is 42.3 Å². The SMILES string of the molecule is COc1ccc(CN2OCC3(O2)ON(CCCC(=O)O)c2ccc(Cl)cc23)cc1. The van der Waals surface area contributed by atoms with Gasteiger partial charge in [0.1, 0.15) is 12.4 Å². The van der Waals surface area contributed by atoms with Crippen LogP contribution >= 0.6 is 11.6 Å². The van der Waals surface area contributed by atoms with E-state index in [0.29, 0.717) is 24.5 Å². The molecule has 0 bridgehead atoms. The Morgan fingerprint density at radius 3 is 2.76 bits per heavy atom.